The minimum absolute atomic E-state index is 0.0904. The Hall–Kier alpha value is -2.51. The normalized spacial score (nSPS) is 18.8. The minimum Gasteiger partial charge on any atom is -0.473 e. The molecule has 2 aliphatic rings. The lowest BCUT2D eigenvalue weighted by Crippen LogP contribution is -2.36. The third kappa shape index (κ3) is 2.85. The molecule has 2 aliphatic heterocycles. The van der Waals surface area contributed by atoms with Crippen molar-refractivity contribution in [3.05, 3.63) is 51.7 Å². The molecule has 132 valence electrons. The van der Waals surface area contributed by atoms with E-state index in [0.717, 1.165) is 43.8 Å². The zero-order chi connectivity index (χ0) is 17.6. The van der Waals surface area contributed by atoms with E-state index in [0.29, 0.717) is 12.6 Å². The maximum Gasteiger partial charge on any atom is 0.352 e. The third-order valence-corrected chi connectivity index (χ3v) is 4.71. The molecule has 0 bridgehead atoms. The van der Waals surface area contributed by atoms with Crippen LogP contribution in [0.1, 0.15) is 24.8 Å². The molecule has 0 amide bonds. The van der Waals surface area contributed by atoms with Gasteiger partial charge in [0.15, 0.2) is 17.5 Å². The first-order valence-corrected chi connectivity index (χ1v) is 8.17. The smallest absolute Gasteiger partial charge is 0.352 e. The Kier molecular flexibility index (Phi) is 3.89. The van der Waals surface area contributed by atoms with Crippen molar-refractivity contribution in [2.45, 2.75) is 38.5 Å². The first-order chi connectivity index (χ1) is 12.0. The van der Waals surface area contributed by atoms with Crippen molar-refractivity contribution in [2.75, 3.05) is 11.4 Å². The number of halogens is 3. The fourth-order valence-corrected chi connectivity index (χ4v) is 3.51. The first-order valence-electron chi connectivity index (χ1n) is 8.17. The van der Waals surface area contributed by atoms with Crippen LogP contribution in [0.15, 0.2) is 23.0 Å². The molecule has 25 heavy (non-hydrogen) atoms. The van der Waals surface area contributed by atoms with Gasteiger partial charge in [-0.2, -0.15) is 4.98 Å². The van der Waals surface area contributed by atoms with E-state index >= 15 is 0 Å². The largest absolute Gasteiger partial charge is 0.473 e. The van der Waals surface area contributed by atoms with Crippen LogP contribution in [0.3, 0.4) is 0 Å². The monoisotopic (exact) mass is 351 g/mol. The van der Waals surface area contributed by atoms with Crippen molar-refractivity contribution < 1.29 is 17.9 Å². The van der Waals surface area contributed by atoms with Gasteiger partial charge in [0.1, 0.15) is 12.4 Å². The number of rotatable bonds is 3. The first kappa shape index (κ1) is 16.0. The molecule has 8 heteroatoms. The van der Waals surface area contributed by atoms with Crippen molar-refractivity contribution in [3.8, 4) is 5.88 Å². The summed E-state index contributed by atoms with van der Waals surface area (Å²) in [6, 6.07) is 3.69. The van der Waals surface area contributed by atoms with E-state index in [4.69, 9.17) is 4.74 Å². The number of piperidine rings is 1. The summed E-state index contributed by atoms with van der Waals surface area (Å²) in [6.07, 6.45) is 3.24. The molecule has 0 N–H and O–H groups in total. The van der Waals surface area contributed by atoms with Gasteiger partial charge in [0.25, 0.3) is 0 Å². The minimum atomic E-state index is -1.52. The van der Waals surface area contributed by atoms with Crippen LogP contribution in [-0.4, -0.2) is 22.1 Å². The number of nitrogens with zero attached hydrogens (tertiary/aromatic N) is 3. The van der Waals surface area contributed by atoms with E-state index in [9.17, 15) is 18.0 Å². The Balaban J connectivity index is 1.57. The zero-order valence-electron chi connectivity index (χ0n) is 13.3. The Bertz CT molecular complexity index is 861. The van der Waals surface area contributed by atoms with Gasteiger partial charge in [-0.05, 0) is 37.0 Å². The fourth-order valence-electron chi connectivity index (χ4n) is 3.51. The second kappa shape index (κ2) is 6.09. The predicted octanol–water partition coefficient (Wildman–Crippen LogP) is 2.61. The standard InChI is InChI=1S/C17H16F3N3O2/c18-12-5-10(6-13(19)16(12)20)9-25-14-7-15-22-4-2-1-3-11(22)8-23(15)17(24)21-14/h5-7,11H,1-4,8-9H2/t11-/m1/s1. The van der Waals surface area contributed by atoms with Gasteiger partial charge < -0.3 is 9.64 Å². The van der Waals surface area contributed by atoms with Gasteiger partial charge in [-0.15, -0.1) is 0 Å². The van der Waals surface area contributed by atoms with Crippen LogP contribution in [0.2, 0.25) is 0 Å². The molecular formula is C17H16F3N3O2. The van der Waals surface area contributed by atoms with Crippen LogP contribution in [0, 0.1) is 17.5 Å². The molecule has 4 rings (SSSR count). The lowest BCUT2D eigenvalue weighted by molar-refractivity contribution is 0.289. The molecule has 1 fully saturated rings. The highest BCUT2D eigenvalue weighted by molar-refractivity contribution is 5.47. The van der Waals surface area contributed by atoms with E-state index in [1.54, 1.807) is 10.6 Å². The molecule has 1 atom stereocenters. The van der Waals surface area contributed by atoms with Crippen LogP contribution in [0.25, 0.3) is 0 Å². The van der Waals surface area contributed by atoms with Crippen molar-refractivity contribution >= 4 is 5.82 Å². The average Bonchev–Trinajstić information content (AvgIpc) is 2.97. The summed E-state index contributed by atoms with van der Waals surface area (Å²) < 4.78 is 46.5. The molecule has 1 aromatic carbocycles. The maximum atomic E-state index is 13.2. The molecule has 1 saturated heterocycles. The predicted molar refractivity (Wildman–Crippen MR) is 84.1 cm³/mol. The average molecular weight is 351 g/mol. The second-order valence-electron chi connectivity index (χ2n) is 6.35. The third-order valence-electron chi connectivity index (χ3n) is 4.71. The Morgan fingerprint density at radius 1 is 1.16 bits per heavy atom. The van der Waals surface area contributed by atoms with Crippen LogP contribution in [-0.2, 0) is 13.2 Å². The highest BCUT2D eigenvalue weighted by Crippen LogP contribution is 2.32. The number of anilines is 1. The molecule has 5 nitrogen and oxygen atoms in total. The van der Waals surface area contributed by atoms with Gasteiger partial charge in [0, 0.05) is 25.2 Å². The van der Waals surface area contributed by atoms with E-state index in [2.05, 4.69) is 9.88 Å². The van der Waals surface area contributed by atoms with Crippen LogP contribution < -0.4 is 15.3 Å². The number of hydrogen-bond donors (Lipinski definition) is 0. The molecular weight excluding hydrogens is 335 g/mol. The summed E-state index contributed by atoms with van der Waals surface area (Å²) in [4.78, 5) is 18.3. The quantitative estimate of drug-likeness (QED) is 0.798. The topological polar surface area (TPSA) is 47.4 Å². The van der Waals surface area contributed by atoms with Gasteiger partial charge in [0.2, 0.25) is 5.88 Å². The number of ether oxygens (including phenoxy) is 1. The van der Waals surface area contributed by atoms with Crippen LogP contribution in [0.5, 0.6) is 5.88 Å². The van der Waals surface area contributed by atoms with Gasteiger partial charge >= 0.3 is 5.69 Å². The van der Waals surface area contributed by atoms with Crippen molar-refractivity contribution in [2.24, 2.45) is 0 Å². The number of hydrogen-bond acceptors (Lipinski definition) is 4. The van der Waals surface area contributed by atoms with Crippen LogP contribution in [0.4, 0.5) is 19.0 Å². The summed E-state index contributed by atoms with van der Waals surface area (Å²) in [5, 5.41) is 0. The van der Waals surface area contributed by atoms with Crippen LogP contribution >= 0.6 is 0 Å². The summed E-state index contributed by atoms with van der Waals surface area (Å²) in [5.74, 6) is -3.23. The maximum absolute atomic E-state index is 13.2. The molecule has 0 unspecified atom stereocenters. The summed E-state index contributed by atoms with van der Waals surface area (Å²) in [5.41, 5.74) is -0.284. The Morgan fingerprint density at radius 3 is 2.68 bits per heavy atom. The second-order valence-corrected chi connectivity index (χ2v) is 6.35. The number of benzene rings is 1. The van der Waals surface area contributed by atoms with Crippen molar-refractivity contribution in [3.63, 3.8) is 0 Å². The molecule has 0 radical (unpaired) electrons. The number of aromatic nitrogens is 2. The lowest BCUT2D eigenvalue weighted by Gasteiger charge is -2.30. The van der Waals surface area contributed by atoms with E-state index in [1.165, 1.54) is 0 Å². The summed E-state index contributed by atoms with van der Waals surface area (Å²) >= 11 is 0. The van der Waals surface area contributed by atoms with E-state index < -0.39 is 23.1 Å². The molecule has 0 aliphatic carbocycles. The zero-order valence-corrected chi connectivity index (χ0v) is 13.3. The van der Waals surface area contributed by atoms with Gasteiger partial charge in [-0.3, -0.25) is 4.57 Å². The molecule has 3 heterocycles. The molecule has 1 aromatic heterocycles. The van der Waals surface area contributed by atoms with Gasteiger partial charge in [-0.25, -0.2) is 18.0 Å². The van der Waals surface area contributed by atoms with E-state index in [-0.39, 0.29) is 18.1 Å². The fraction of sp³-hybridized carbons (Fsp3) is 0.412. The highest BCUT2D eigenvalue weighted by atomic mass is 19.2. The van der Waals surface area contributed by atoms with Gasteiger partial charge in [-0.1, -0.05) is 0 Å². The summed E-state index contributed by atoms with van der Waals surface area (Å²) in [6.45, 7) is 1.28. The Labute approximate surface area is 141 Å². The Morgan fingerprint density at radius 2 is 1.92 bits per heavy atom. The molecule has 0 spiro atoms. The highest BCUT2D eigenvalue weighted by Gasteiger charge is 2.32. The number of fused-ring (bicyclic) bond motifs is 3. The molecule has 0 saturated carbocycles. The van der Waals surface area contributed by atoms with Crippen molar-refractivity contribution in [1.29, 1.82) is 0 Å². The lowest BCUT2D eigenvalue weighted by atomic mass is 10.0. The van der Waals surface area contributed by atoms with E-state index in [1.807, 2.05) is 0 Å². The van der Waals surface area contributed by atoms with Gasteiger partial charge in [0.05, 0.1) is 0 Å². The summed E-state index contributed by atoms with van der Waals surface area (Å²) in [7, 11) is 0. The SMILES string of the molecule is O=c1nc(OCc2cc(F)c(F)c(F)c2)cc2n1C[C@H]1CCCCN21. The molecule has 2 aromatic rings. The van der Waals surface area contributed by atoms with Crippen molar-refractivity contribution in [1.82, 2.24) is 9.55 Å².